The molecule has 0 aliphatic carbocycles. The van der Waals surface area contributed by atoms with E-state index in [2.05, 4.69) is 0 Å². The summed E-state index contributed by atoms with van der Waals surface area (Å²) in [5.41, 5.74) is 0.952. The molecule has 0 spiro atoms. The first kappa shape index (κ1) is 14.5. The van der Waals surface area contributed by atoms with Gasteiger partial charge in [-0.3, -0.25) is 0 Å². The number of hydrogen-bond acceptors (Lipinski definition) is 1. The summed E-state index contributed by atoms with van der Waals surface area (Å²) in [6, 6.07) is 11.7. The second-order valence-corrected chi connectivity index (χ2v) is 2.93. The highest BCUT2D eigenvalue weighted by atomic mass is 16.3. The van der Waals surface area contributed by atoms with Crippen LogP contribution in [0, 0.1) is 6.92 Å². The van der Waals surface area contributed by atoms with Crippen molar-refractivity contribution in [2.75, 3.05) is 0 Å². The zero-order chi connectivity index (χ0) is 12.6. The first-order valence-electron chi connectivity index (χ1n) is 5.96. The van der Waals surface area contributed by atoms with Crippen molar-refractivity contribution in [2.24, 2.45) is 0 Å². The maximum Gasteiger partial charge on any atom is 0.119 e. The molecular weight excluding hydrogens is 196 g/mol. The molecule has 2 aromatic carbocycles. The normalized spacial score (nSPS) is 8.56. The average Bonchev–Trinajstić information content (AvgIpc) is 2.39. The maximum absolute atomic E-state index is 9.42. The highest BCUT2D eigenvalue weighted by Crippen LogP contribution is 2.25. The molecule has 2 aromatic rings. The van der Waals surface area contributed by atoms with Crippen LogP contribution in [0.3, 0.4) is 0 Å². The lowest BCUT2D eigenvalue weighted by atomic mass is 10.1. The monoisotopic (exact) mass is 218 g/mol. The number of hydrogen-bond donors (Lipinski definition) is 1. The fourth-order valence-electron chi connectivity index (χ4n) is 1.42. The maximum atomic E-state index is 9.42. The Balaban J connectivity index is 0.000000509. The van der Waals surface area contributed by atoms with Gasteiger partial charge in [-0.05, 0) is 29.3 Å². The minimum Gasteiger partial charge on any atom is -0.508 e. The summed E-state index contributed by atoms with van der Waals surface area (Å²) in [6.07, 6.45) is 0. The largest absolute Gasteiger partial charge is 0.508 e. The van der Waals surface area contributed by atoms with Crippen LogP contribution in [0.4, 0.5) is 0 Å². The van der Waals surface area contributed by atoms with Crippen LogP contribution in [-0.4, -0.2) is 5.11 Å². The van der Waals surface area contributed by atoms with E-state index in [9.17, 15) is 5.11 Å². The number of rotatable bonds is 0. The van der Waals surface area contributed by atoms with Crippen molar-refractivity contribution in [3.63, 3.8) is 0 Å². The van der Waals surface area contributed by atoms with Crippen molar-refractivity contribution >= 4 is 10.8 Å². The van der Waals surface area contributed by atoms with Crippen LogP contribution < -0.4 is 0 Å². The number of phenols is 1. The molecule has 2 rings (SSSR count). The Morgan fingerprint density at radius 3 is 2.00 bits per heavy atom. The van der Waals surface area contributed by atoms with Crippen LogP contribution in [0.1, 0.15) is 33.3 Å². The molecule has 0 atom stereocenters. The molecule has 0 bridgehead atoms. The molecule has 0 aliphatic rings. The molecule has 1 nitrogen and oxygen atoms in total. The zero-order valence-corrected chi connectivity index (χ0v) is 10.9. The Hall–Kier alpha value is -1.50. The van der Waals surface area contributed by atoms with Gasteiger partial charge in [0, 0.05) is 0 Å². The highest BCUT2D eigenvalue weighted by molar-refractivity contribution is 5.87. The molecule has 0 heterocycles. The van der Waals surface area contributed by atoms with Crippen molar-refractivity contribution in [3.05, 3.63) is 42.0 Å². The van der Waals surface area contributed by atoms with Crippen LogP contribution in [0.5, 0.6) is 5.75 Å². The van der Waals surface area contributed by atoms with Gasteiger partial charge in [0.25, 0.3) is 0 Å². The van der Waals surface area contributed by atoms with Gasteiger partial charge in [0.05, 0.1) is 0 Å². The van der Waals surface area contributed by atoms with Crippen molar-refractivity contribution in [1.82, 2.24) is 0 Å². The molecule has 0 unspecified atom stereocenters. The number of benzene rings is 2. The molecular formula is C15H22O. The number of aromatic hydroxyl groups is 1. The molecule has 0 amide bonds. The molecule has 0 aromatic heterocycles. The SMILES string of the molecule is CC.CC.Cc1c(O)ccc2ccccc12. The molecule has 0 saturated heterocycles. The predicted octanol–water partition coefficient (Wildman–Crippen LogP) is 4.91. The van der Waals surface area contributed by atoms with Crippen molar-refractivity contribution in [2.45, 2.75) is 34.6 Å². The third kappa shape index (κ3) is 3.27. The van der Waals surface area contributed by atoms with Crippen LogP contribution >= 0.6 is 0 Å². The van der Waals surface area contributed by atoms with E-state index in [0.29, 0.717) is 5.75 Å². The van der Waals surface area contributed by atoms with Crippen LogP contribution in [0.25, 0.3) is 10.8 Å². The molecule has 16 heavy (non-hydrogen) atoms. The number of phenolic OH excluding ortho intramolecular Hbond substituents is 1. The van der Waals surface area contributed by atoms with Crippen molar-refractivity contribution in [3.8, 4) is 5.75 Å². The Morgan fingerprint density at radius 1 is 0.812 bits per heavy atom. The summed E-state index contributed by atoms with van der Waals surface area (Å²) >= 11 is 0. The smallest absolute Gasteiger partial charge is 0.119 e. The quantitative estimate of drug-likeness (QED) is 0.666. The summed E-state index contributed by atoms with van der Waals surface area (Å²) in [4.78, 5) is 0. The summed E-state index contributed by atoms with van der Waals surface area (Å²) in [5, 5.41) is 11.7. The Kier molecular flexibility index (Phi) is 7.02. The van der Waals surface area contributed by atoms with E-state index in [0.717, 1.165) is 10.9 Å². The number of fused-ring (bicyclic) bond motifs is 1. The third-order valence-corrected chi connectivity index (χ3v) is 2.17. The van der Waals surface area contributed by atoms with E-state index in [-0.39, 0.29) is 0 Å². The first-order valence-corrected chi connectivity index (χ1v) is 5.96. The zero-order valence-electron chi connectivity index (χ0n) is 10.9. The standard InChI is InChI=1S/C11H10O.2C2H6/c1-8-10-5-3-2-4-9(10)6-7-11(8)12;2*1-2/h2-7,12H,1H3;2*1-2H3. The lowest BCUT2D eigenvalue weighted by Crippen LogP contribution is -1.78. The Bertz CT molecular complexity index is 419. The Morgan fingerprint density at radius 2 is 1.38 bits per heavy atom. The van der Waals surface area contributed by atoms with Gasteiger partial charge in [0.2, 0.25) is 0 Å². The molecule has 88 valence electrons. The lowest BCUT2D eigenvalue weighted by molar-refractivity contribution is 0.472. The van der Waals surface area contributed by atoms with E-state index in [4.69, 9.17) is 0 Å². The molecule has 1 heteroatoms. The van der Waals surface area contributed by atoms with Gasteiger partial charge in [-0.2, -0.15) is 0 Å². The summed E-state index contributed by atoms with van der Waals surface area (Å²) in [6.45, 7) is 9.93. The second-order valence-electron chi connectivity index (χ2n) is 2.93. The van der Waals surface area contributed by atoms with Gasteiger partial charge in [0.1, 0.15) is 5.75 Å². The van der Waals surface area contributed by atoms with Crippen LogP contribution in [0.15, 0.2) is 36.4 Å². The van der Waals surface area contributed by atoms with E-state index in [1.54, 1.807) is 6.07 Å². The summed E-state index contributed by atoms with van der Waals surface area (Å²) in [7, 11) is 0. The van der Waals surface area contributed by atoms with E-state index in [1.807, 2.05) is 65.0 Å². The molecule has 0 fully saturated rings. The molecule has 0 radical (unpaired) electrons. The second kappa shape index (κ2) is 7.75. The van der Waals surface area contributed by atoms with Gasteiger partial charge in [-0.25, -0.2) is 0 Å². The van der Waals surface area contributed by atoms with Crippen LogP contribution in [0.2, 0.25) is 0 Å². The molecule has 0 saturated carbocycles. The van der Waals surface area contributed by atoms with E-state index < -0.39 is 0 Å². The fraction of sp³-hybridized carbons (Fsp3) is 0.333. The minimum atomic E-state index is 0.369. The third-order valence-electron chi connectivity index (χ3n) is 2.17. The van der Waals surface area contributed by atoms with Crippen molar-refractivity contribution in [1.29, 1.82) is 0 Å². The van der Waals surface area contributed by atoms with Gasteiger partial charge < -0.3 is 5.11 Å². The summed E-state index contributed by atoms with van der Waals surface area (Å²) < 4.78 is 0. The van der Waals surface area contributed by atoms with Gasteiger partial charge >= 0.3 is 0 Å². The first-order chi connectivity index (χ1) is 7.79. The van der Waals surface area contributed by atoms with Crippen molar-refractivity contribution < 1.29 is 5.11 Å². The van der Waals surface area contributed by atoms with Gasteiger partial charge in [0.15, 0.2) is 0 Å². The number of aryl methyl sites for hydroxylation is 1. The molecule has 1 N–H and O–H groups in total. The van der Waals surface area contributed by atoms with E-state index in [1.165, 1.54) is 5.39 Å². The topological polar surface area (TPSA) is 20.2 Å². The fourth-order valence-corrected chi connectivity index (χ4v) is 1.42. The highest BCUT2D eigenvalue weighted by Gasteiger charge is 1.99. The van der Waals surface area contributed by atoms with Gasteiger partial charge in [-0.1, -0.05) is 58.0 Å². The predicted molar refractivity (Wildman–Crippen MR) is 73.0 cm³/mol. The minimum absolute atomic E-state index is 0.369. The van der Waals surface area contributed by atoms with Gasteiger partial charge in [-0.15, -0.1) is 0 Å². The molecule has 0 aliphatic heterocycles. The Labute approximate surface area is 98.7 Å². The average molecular weight is 218 g/mol. The summed E-state index contributed by atoms with van der Waals surface area (Å²) in [5.74, 6) is 0.369. The van der Waals surface area contributed by atoms with Crippen LogP contribution in [-0.2, 0) is 0 Å². The van der Waals surface area contributed by atoms with E-state index >= 15 is 0 Å². The lowest BCUT2D eigenvalue weighted by Gasteiger charge is -2.02.